The molecule has 2 nitrogen and oxygen atoms in total. The number of hydrogen-bond acceptors (Lipinski definition) is 3. The van der Waals surface area contributed by atoms with E-state index < -0.39 is 0 Å². The first-order valence-electron chi connectivity index (χ1n) is 5.61. The van der Waals surface area contributed by atoms with Gasteiger partial charge in [-0.3, -0.25) is 0 Å². The molecule has 14 heavy (non-hydrogen) atoms. The summed E-state index contributed by atoms with van der Waals surface area (Å²) in [6.07, 6.45) is 0. The quantitative estimate of drug-likeness (QED) is 0.509. The third-order valence-electron chi connectivity index (χ3n) is 1.95. The van der Waals surface area contributed by atoms with Crippen LogP contribution < -0.4 is 0 Å². The van der Waals surface area contributed by atoms with E-state index in [0.29, 0.717) is 15.7 Å². The average Bonchev–Trinajstić information content (AvgIpc) is 2.21. The SMILES string of the molecule is CC[N](CC)[Al+][N](CC)CC.CC[S-]. The second-order valence-corrected chi connectivity index (χ2v) is 5.12. The standard InChI is InChI=1S/2C4H10N.C2H6S.Al/c2*1-3-5-4-2;1-2-3;/h2*3-4H2,1-2H3;3H,2H2,1H3;/q2*-1;;+3/p-1. The summed E-state index contributed by atoms with van der Waals surface area (Å²) in [6.45, 7) is 15.7. The van der Waals surface area contributed by atoms with Crippen molar-refractivity contribution in [1.29, 1.82) is 0 Å². The van der Waals surface area contributed by atoms with E-state index >= 15 is 0 Å². The van der Waals surface area contributed by atoms with Gasteiger partial charge in [0, 0.05) is 0 Å². The molecule has 0 fully saturated rings. The third-order valence-corrected chi connectivity index (χ3v) is 4.07. The molecule has 4 heteroatoms. The zero-order chi connectivity index (χ0) is 11.4. The van der Waals surface area contributed by atoms with Crippen LogP contribution in [0.25, 0.3) is 0 Å². The number of hydrogen-bond donors (Lipinski definition) is 0. The summed E-state index contributed by atoms with van der Waals surface area (Å²) in [5.74, 6) is 0.833. The fraction of sp³-hybridized carbons (Fsp3) is 1.00. The van der Waals surface area contributed by atoms with Gasteiger partial charge in [-0.05, 0) is 0 Å². The predicted octanol–water partition coefficient (Wildman–Crippen LogP) is 1.76. The molecular formula is C10H25AlN2S. The molecule has 0 bridgehead atoms. The maximum absolute atomic E-state index is 4.39. The molecule has 0 aliphatic rings. The average molecular weight is 232 g/mol. The van der Waals surface area contributed by atoms with Crippen LogP contribution in [0.3, 0.4) is 0 Å². The van der Waals surface area contributed by atoms with Gasteiger partial charge in [-0.2, -0.15) is 5.75 Å². The Bertz CT molecular complexity index is 86.1. The fourth-order valence-electron chi connectivity index (χ4n) is 1.00. The molecule has 0 aromatic carbocycles. The van der Waals surface area contributed by atoms with Gasteiger partial charge in [-0.1, -0.05) is 6.92 Å². The van der Waals surface area contributed by atoms with Crippen LogP contribution in [0.5, 0.6) is 0 Å². The van der Waals surface area contributed by atoms with Gasteiger partial charge in [-0.25, -0.2) is 0 Å². The van der Waals surface area contributed by atoms with Crippen molar-refractivity contribution in [2.75, 3.05) is 31.9 Å². The van der Waals surface area contributed by atoms with Gasteiger partial charge in [0.05, 0.1) is 0 Å². The summed E-state index contributed by atoms with van der Waals surface area (Å²) in [7, 11) is 0. The Morgan fingerprint density at radius 3 is 1.14 bits per heavy atom. The summed E-state index contributed by atoms with van der Waals surface area (Å²) in [4.78, 5) is 0. The molecule has 0 saturated carbocycles. The molecule has 0 aliphatic heterocycles. The van der Waals surface area contributed by atoms with Gasteiger partial charge in [0.25, 0.3) is 0 Å². The number of rotatable bonds is 6. The molecule has 0 rings (SSSR count). The van der Waals surface area contributed by atoms with E-state index in [2.05, 4.69) is 48.1 Å². The van der Waals surface area contributed by atoms with Crippen molar-refractivity contribution in [3.05, 3.63) is 0 Å². The van der Waals surface area contributed by atoms with Crippen LogP contribution in [0.4, 0.5) is 0 Å². The molecule has 0 spiro atoms. The predicted molar refractivity (Wildman–Crippen MR) is 69.5 cm³/mol. The Hall–Kier alpha value is 0.802. The van der Waals surface area contributed by atoms with Crippen LogP contribution in [0.1, 0.15) is 34.6 Å². The molecule has 0 N–H and O–H groups in total. The first-order chi connectivity index (χ1) is 6.69. The van der Waals surface area contributed by atoms with Crippen LogP contribution in [0, 0.1) is 0 Å². The molecule has 84 valence electrons. The Kier molecular flexibility index (Phi) is 17.0. The van der Waals surface area contributed by atoms with Crippen molar-refractivity contribution in [3.8, 4) is 0 Å². The smallest absolute Gasteiger partial charge is 0.0874 e. The van der Waals surface area contributed by atoms with Crippen molar-refractivity contribution in [3.63, 3.8) is 0 Å². The topological polar surface area (TPSA) is 6.48 Å². The number of nitrogens with zero attached hydrogens (tertiary/aromatic N) is 2. The monoisotopic (exact) mass is 232 g/mol. The molecule has 0 aromatic rings. The minimum absolute atomic E-state index is 0.394. The summed E-state index contributed by atoms with van der Waals surface area (Å²) in [5, 5.41) is 0. The molecule has 0 aromatic heterocycles. The van der Waals surface area contributed by atoms with Crippen LogP contribution >= 0.6 is 0 Å². The Morgan fingerprint density at radius 2 is 1.00 bits per heavy atom. The largest absolute Gasteiger partial charge is 0.793 e. The van der Waals surface area contributed by atoms with Gasteiger partial charge >= 0.3 is 77.3 Å². The van der Waals surface area contributed by atoms with E-state index in [-0.39, 0.29) is 0 Å². The van der Waals surface area contributed by atoms with Crippen molar-refractivity contribution in [2.45, 2.75) is 34.6 Å². The molecular weight excluding hydrogens is 207 g/mol. The van der Waals surface area contributed by atoms with E-state index in [1.165, 1.54) is 26.2 Å². The minimum Gasteiger partial charge on any atom is -0.793 e. The molecule has 0 aliphatic carbocycles. The second kappa shape index (κ2) is 13.8. The van der Waals surface area contributed by atoms with Gasteiger partial charge in [0.1, 0.15) is 0 Å². The van der Waals surface area contributed by atoms with Gasteiger partial charge in [0.2, 0.25) is 0 Å². The third kappa shape index (κ3) is 10.9. The first-order valence-corrected chi connectivity index (χ1v) is 7.22. The van der Waals surface area contributed by atoms with E-state index in [1.807, 2.05) is 6.92 Å². The summed E-state index contributed by atoms with van der Waals surface area (Å²) >= 11 is 4.79. The molecule has 0 radical (unpaired) electrons. The molecule has 0 saturated heterocycles. The van der Waals surface area contributed by atoms with Gasteiger partial charge < -0.3 is 12.6 Å². The Morgan fingerprint density at radius 1 is 0.786 bits per heavy atom. The summed E-state index contributed by atoms with van der Waals surface area (Å²) in [6, 6.07) is 0. The zero-order valence-corrected chi connectivity index (χ0v) is 12.4. The molecule has 0 atom stereocenters. The zero-order valence-electron chi connectivity index (χ0n) is 10.4. The Balaban J connectivity index is 0. The van der Waals surface area contributed by atoms with Crippen LogP contribution in [-0.4, -0.2) is 55.4 Å². The maximum atomic E-state index is 4.39. The van der Waals surface area contributed by atoms with Crippen molar-refractivity contribution in [1.82, 2.24) is 7.77 Å². The van der Waals surface area contributed by atoms with Crippen LogP contribution in [0.15, 0.2) is 0 Å². The first kappa shape index (κ1) is 17.2. The molecule has 0 unspecified atom stereocenters. The molecule has 0 heterocycles. The Labute approximate surface area is 103 Å². The van der Waals surface area contributed by atoms with Gasteiger partial charge in [0.15, 0.2) is 0 Å². The van der Waals surface area contributed by atoms with Gasteiger partial charge in [-0.15, -0.1) is 0 Å². The van der Waals surface area contributed by atoms with E-state index in [1.54, 1.807) is 0 Å². The van der Waals surface area contributed by atoms with Crippen molar-refractivity contribution in [2.24, 2.45) is 0 Å². The normalized spacial score (nSPS) is 9.71. The summed E-state index contributed by atoms with van der Waals surface area (Å²) in [5.41, 5.74) is 0. The van der Waals surface area contributed by atoms with Crippen LogP contribution in [-0.2, 0) is 12.6 Å². The van der Waals surface area contributed by atoms with Crippen molar-refractivity contribution >= 4 is 28.3 Å². The summed E-state index contributed by atoms with van der Waals surface area (Å²) < 4.78 is 5.04. The second-order valence-electron chi connectivity index (χ2n) is 2.85. The molecule has 0 amide bonds. The maximum Gasteiger partial charge on any atom is -0.0874 e. The minimum atomic E-state index is 0.394. The fourth-order valence-corrected chi connectivity index (χ4v) is 2.12. The van der Waals surface area contributed by atoms with E-state index in [9.17, 15) is 0 Å². The van der Waals surface area contributed by atoms with E-state index in [0.717, 1.165) is 5.75 Å². The van der Waals surface area contributed by atoms with Crippen LogP contribution in [0.2, 0.25) is 0 Å². The van der Waals surface area contributed by atoms with E-state index in [4.69, 9.17) is 0 Å². The van der Waals surface area contributed by atoms with Crippen molar-refractivity contribution < 1.29 is 0 Å².